The van der Waals surface area contributed by atoms with Crippen LogP contribution < -0.4 is 5.73 Å². The van der Waals surface area contributed by atoms with E-state index in [1.807, 2.05) is 44.2 Å². The Morgan fingerprint density at radius 1 is 1.08 bits per heavy atom. The van der Waals surface area contributed by atoms with Gasteiger partial charge in [0.1, 0.15) is 0 Å². The quantitative estimate of drug-likeness (QED) is 0.488. The minimum absolute atomic E-state index is 0.374. The SMILES string of the molecule is Cc1cc(C)c2c(n1)nn1c(N)c(-c3nc4ccccc4[nH]3)nnc21. The van der Waals surface area contributed by atoms with Gasteiger partial charge >= 0.3 is 0 Å². The van der Waals surface area contributed by atoms with Crippen LogP contribution in [0.2, 0.25) is 0 Å². The highest BCUT2D eigenvalue weighted by Gasteiger charge is 2.18. The number of rotatable bonds is 1. The van der Waals surface area contributed by atoms with Crippen molar-refractivity contribution >= 4 is 33.5 Å². The number of para-hydroxylation sites is 2. The van der Waals surface area contributed by atoms with Gasteiger partial charge in [-0.1, -0.05) is 12.1 Å². The molecule has 8 nitrogen and oxygen atoms in total. The first-order valence-electron chi connectivity index (χ1n) is 7.86. The summed E-state index contributed by atoms with van der Waals surface area (Å²) in [5.74, 6) is 0.938. The predicted octanol–water partition coefficient (Wildman–Crippen LogP) is 2.41. The zero-order chi connectivity index (χ0) is 17.1. The molecule has 0 unspecified atom stereocenters. The second kappa shape index (κ2) is 4.73. The lowest BCUT2D eigenvalue weighted by Gasteiger charge is -2.02. The third-order valence-electron chi connectivity index (χ3n) is 4.27. The van der Waals surface area contributed by atoms with Gasteiger partial charge in [-0.3, -0.25) is 0 Å². The number of pyridine rings is 1. The van der Waals surface area contributed by atoms with Crippen molar-refractivity contribution in [2.24, 2.45) is 0 Å². The molecular weight excluding hydrogens is 316 g/mol. The van der Waals surface area contributed by atoms with Crippen LogP contribution in [-0.2, 0) is 0 Å². The summed E-state index contributed by atoms with van der Waals surface area (Å²) in [6.45, 7) is 3.94. The molecule has 0 atom stereocenters. The Morgan fingerprint density at radius 2 is 1.92 bits per heavy atom. The molecule has 0 radical (unpaired) electrons. The van der Waals surface area contributed by atoms with E-state index in [0.717, 1.165) is 27.7 Å². The smallest absolute Gasteiger partial charge is 0.189 e. The van der Waals surface area contributed by atoms with E-state index in [1.165, 1.54) is 0 Å². The highest BCUT2D eigenvalue weighted by atomic mass is 15.3. The highest BCUT2D eigenvalue weighted by Crippen LogP contribution is 2.27. The number of imidazole rings is 1. The molecule has 0 saturated carbocycles. The maximum absolute atomic E-state index is 6.34. The fraction of sp³-hybridized carbons (Fsp3) is 0.118. The van der Waals surface area contributed by atoms with Crippen molar-refractivity contribution in [3.8, 4) is 11.5 Å². The fourth-order valence-corrected chi connectivity index (χ4v) is 3.16. The van der Waals surface area contributed by atoms with Crippen LogP contribution in [0.1, 0.15) is 11.3 Å². The van der Waals surface area contributed by atoms with Gasteiger partial charge in [0.2, 0.25) is 0 Å². The maximum atomic E-state index is 6.34. The first-order chi connectivity index (χ1) is 12.1. The number of anilines is 1. The molecule has 0 saturated heterocycles. The van der Waals surface area contributed by atoms with Crippen LogP contribution in [0.25, 0.3) is 39.2 Å². The van der Waals surface area contributed by atoms with E-state index in [0.29, 0.717) is 28.6 Å². The number of H-pyrrole nitrogens is 1. The van der Waals surface area contributed by atoms with Gasteiger partial charge in [0.05, 0.1) is 16.4 Å². The van der Waals surface area contributed by atoms with Gasteiger partial charge in [-0.25, -0.2) is 9.97 Å². The summed E-state index contributed by atoms with van der Waals surface area (Å²) in [4.78, 5) is 12.2. The van der Waals surface area contributed by atoms with Crippen LogP contribution in [0.4, 0.5) is 5.82 Å². The van der Waals surface area contributed by atoms with Crippen molar-refractivity contribution < 1.29 is 0 Å². The molecular formula is C17H14N8. The molecule has 0 bridgehead atoms. The van der Waals surface area contributed by atoms with E-state index in [1.54, 1.807) is 4.52 Å². The number of hydrogen-bond acceptors (Lipinski definition) is 6. The molecule has 0 aliphatic rings. The van der Waals surface area contributed by atoms with Crippen molar-refractivity contribution in [1.82, 2.24) is 34.8 Å². The summed E-state index contributed by atoms with van der Waals surface area (Å²) in [6.07, 6.45) is 0. The van der Waals surface area contributed by atoms with Crippen molar-refractivity contribution in [2.45, 2.75) is 13.8 Å². The van der Waals surface area contributed by atoms with E-state index in [2.05, 4.69) is 30.2 Å². The number of aryl methyl sites for hydroxylation is 2. The highest BCUT2D eigenvalue weighted by molar-refractivity contribution is 5.93. The van der Waals surface area contributed by atoms with Gasteiger partial charge in [0.25, 0.3) is 0 Å². The molecule has 3 N–H and O–H groups in total. The van der Waals surface area contributed by atoms with Gasteiger partial charge in [0, 0.05) is 5.69 Å². The first kappa shape index (κ1) is 13.8. The van der Waals surface area contributed by atoms with Gasteiger partial charge in [-0.15, -0.1) is 15.3 Å². The van der Waals surface area contributed by atoms with Gasteiger partial charge in [0.15, 0.2) is 28.6 Å². The monoisotopic (exact) mass is 330 g/mol. The fourth-order valence-electron chi connectivity index (χ4n) is 3.16. The van der Waals surface area contributed by atoms with Crippen LogP contribution >= 0.6 is 0 Å². The van der Waals surface area contributed by atoms with Crippen LogP contribution in [0.5, 0.6) is 0 Å². The van der Waals surface area contributed by atoms with E-state index in [4.69, 9.17) is 5.73 Å². The number of aromatic amines is 1. The number of benzene rings is 1. The minimum Gasteiger partial charge on any atom is -0.382 e. The Labute approximate surface area is 141 Å². The standard InChI is InChI=1S/C17H14N8/c1-8-7-9(2)19-15-12(8)17-23-22-13(14(18)25(17)24-15)16-20-10-5-3-4-6-11(10)21-16/h3-7H,18H2,1-2H3,(H,20,21). The Morgan fingerprint density at radius 3 is 2.76 bits per heavy atom. The molecule has 0 aliphatic carbocycles. The molecule has 5 rings (SSSR count). The number of nitrogen functional groups attached to an aromatic ring is 1. The zero-order valence-electron chi connectivity index (χ0n) is 13.6. The summed E-state index contributed by atoms with van der Waals surface area (Å²) in [5.41, 5.74) is 11.7. The van der Waals surface area contributed by atoms with Crippen LogP contribution in [0, 0.1) is 13.8 Å². The summed E-state index contributed by atoms with van der Waals surface area (Å²) >= 11 is 0. The topological polar surface area (TPSA) is 111 Å². The molecule has 122 valence electrons. The van der Waals surface area contributed by atoms with Crippen molar-refractivity contribution in [3.63, 3.8) is 0 Å². The summed E-state index contributed by atoms with van der Waals surface area (Å²) < 4.78 is 1.58. The second-order valence-corrected chi connectivity index (χ2v) is 6.05. The summed E-state index contributed by atoms with van der Waals surface area (Å²) in [7, 11) is 0. The van der Waals surface area contributed by atoms with E-state index in [-0.39, 0.29) is 0 Å². The van der Waals surface area contributed by atoms with E-state index in [9.17, 15) is 0 Å². The summed E-state index contributed by atoms with van der Waals surface area (Å²) in [5, 5.41) is 14.0. The Kier molecular flexibility index (Phi) is 2.62. The average Bonchev–Trinajstić information content (AvgIpc) is 3.16. The molecule has 0 amide bonds. The number of aromatic nitrogens is 7. The predicted molar refractivity (Wildman–Crippen MR) is 95.1 cm³/mol. The Hall–Kier alpha value is -3.55. The molecule has 8 heteroatoms. The second-order valence-electron chi connectivity index (χ2n) is 6.05. The number of hydrogen-bond donors (Lipinski definition) is 2. The van der Waals surface area contributed by atoms with Crippen molar-refractivity contribution in [3.05, 3.63) is 41.6 Å². The molecule has 1 aromatic carbocycles. The largest absolute Gasteiger partial charge is 0.382 e. The lowest BCUT2D eigenvalue weighted by atomic mass is 10.2. The third-order valence-corrected chi connectivity index (χ3v) is 4.27. The van der Waals surface area contributed by atoms with Gasteiger partial charge in [-0.2, -0.15) is 4.52 Å². The zero-order valence-corrected chi connectivity index (χ0v) is 13.6. The minimum atomic E-state index is 0.374. The average molecular weight is 330 g/mol. The normalized spacial score (nSPS) is 11.8. The van der Waals surface area contributed by atoms with Gasteiger partial charge in [-0.05, 0) is 37.6 Å². The third kappa shape index (κ3) is 1.90. The van der Waals surface area contributed by atoms with Crippen molar-refractivity contribution in [1.29, 1.82) is 0 Å². The van der Waals surface area contributed by atoms with Crippen LogP contribution in [0.3, 0.4) is 0 Å². The van der Waals surface area contributed by atoms with Gasteiger partial charge < -0.3 is 10.7 Å². The van der Waals surface area contributed by atoms with Crippen LogP contribution in [-0.4, -0.2) is 34.8 Å². The Bertz CT molecular complexity index is 1250. The molecule has 4 heterocycles. The first-order valence-corrected chi connectivity index (χ1v) is 7.86. The lowest BCUT2D eigenvalue weighted by molar-refractivity contribution is 0.907. The molecule has 4 aromatic heterocycles. The Balaban J connectivity index is 1.81. The number of nitrogens with two attached hydrogens (primary N) is 1. The van der Waals surface area contributed by atoms with E-state index >= 15 is 0 Å². The molecule has 25 heavy (non-hydrogen) atoms. The van der Waals surface area contributed by atoms with Crippen molar-refractivity contribution in [2.75, 3.05) is 5.73 Å². The molecule has 5 aromatic rings. The van der Waals surface area contributed by atoms with Crippen LogP contribution in [0.15, 0.2) is 30.3 Å². The maximum Gasteiger partial charge on any atom is 0.189 e. The lowest BCUT2D eigenvalue weighted by Crippen LogP contribution is -2.06. The number of nitrogens with zero attached hydrogens (tertiary/aromatic N) is 6. The number of fused-ring (bicyclic) bond motifs is 4. The van der Waals surface area contributed by atoms with E-state index < -0.39 is 0 Å². The summed E-state index contributed by atoms with van der Waals surface area (Å²) in [6, 6.07) is 9.75. The molecule has 0 aliphatic heterocycles. The molecule has 0 spiro atoms. The molecule has 0 fully saturated rings. The number of nitrogens with one attached hydrogen (secondary N) is 1.